The Kier molecular flexibility index (Phi) is 3.52. The summed E-state index contributed by atoms with van der Waals surface area (Å²) in [5, 5.41) is 0. The maximum atomic E-state index is 11.1. The van der Waals surface area contributed by atoms with E-state index in [9.17, 15) is 4.79 Å². The van der Waals surface area contributed by atoms with Crippen molar-refractivity contribution >= 4 is 5.78 Å². The number of carbonyl (C=O) groups excluding carboxylic acids is 1. The van der Waals surface area contributed by atoms with Gasteiger partial charge >= 0.3 is 0 Å². The van der Waals surface area contributed by atoms with Gasteiger partial charge in [0.15, 0.2) is 5.78 Å². The van der Waals surface area contributed by atoms with E-state index in [1.54, 1.807) is 0 Å². The monoisotopic (exact) mass is 157 g/mol. The van der Waals surface area contributed by atoms with E-state index >= 15 is 0 Å². The van der Waals surface area contributed by atoms with Gasteiger partial charge in [0.1, 0.15) is 6.61 Å². The highest BCUT2D eigenvalue weighted by Crippen LogP contribution is 2.26. The average molecular weight is 157 g/mol. The molecule has 1 fully saturated rings. The molecular formula is C8H15NO2. The van der Waals surface area contributed by atoms with Crippen molar-refractivity contribution in [3.63, 3.8) is 0 Å². The maximum absolute atomic E-state index is 11.1. The van der Waals surface area contributed by atoms with Crippen LogP contribution in [0.2, 0.25) is 0 Å². The molecule has 0 aromatic heterocycles. The van der Waals surface area contributed by atoms with Crippen LogP contribution in [0.1, 0.15) is 19.3 Å². The van der Waals surface area contributed by atoms with E-state index in [1.165, 1.54) is 6.42 Å². The summed E-state index contributed by atoms with van der Waals surface area (Å²) in [6, 6.07) is 0. The molecule has 64 valence electrons. The molecule has 0 unspecified atom stereocenters. The zero-order chi connectivity index (χ0) is 8.10. The van der Waals surface area contributed by atoms with Crippen LogP contribution in [0.4, 0.5) is 0 Å². The third-order valence-electron chi connectivity index (χ3n) is 2.07. The third kappa shape index (κ3) is 2.60. The van der Waals surface area contributed by atoms with Gasteiger partial charge in [-0.2, -0.15) is 0 Å². The Morgan fingerprint density at radius 2 is 2.27 bits per heavy atom. The first-order valence-corrected chi connectivity index (χ1v) is 4.15. The molecule has 11 heavy (non-hydrogen) atoms. The van der Waals surface area contributed by atoms with Crippen molar-refractivity contribution in [1.82, 2.24) is 0 Å². The van der Waals surface area contributed by atoms with Crippen LogP contribution in [0.3, 0.4) is 0 Å². The smallest absolute Gasteiger partial charge is 0.161 e. The van der Waals surface area contributed by atoms with Crippen molar-refractivity contribution in [1.29, 1.82) is 0 Å². The van der Waals surface area contributed by atoms with Crippen LogP contribution in [0, 0.1) is 5.92 Å². The summed E-state index contributed by atoms with van der Waals surface area (Å²) in [6.07, 6.45) is 3.32. The molecule has 3 nitrogen and oxygen atoms in total. The lowest BCUT2D eigenvalue weighted by Crippen LogP contribution is -2.26. The molecule has 0 radical (unpaired) electrons. The predicted octanol–water partition coefficient (Wildman–Crippen LogP) is 0.331. The molecule has 1 aliphatic carbocycles. The molecule has 0 spiro atoms. The second-order valence-electron chi connectivity index (χ2n) is 2.94. The summed E-state index contributed by atoms with van der Waals surface area (Å²) in [7, 11) is 0. The van der Waals surface area contributed by atoms with E-state index in [1.807, 2.05) is 0 Å². The van der Waals surface area contributed by atoms with Crippen molar-refractivity contribution in [2.24, 2.45) is 11.7 Å². The van der Waals surface area contributed by atoms with Crippen LogP contribution in [-0.2, 0) is 9.53 Å². The van der Waals surface area contributed by atoms with E-state index < -0.39 is 0 Å². The molecule has 0 heterocycles. The van der Waals surface area contributed by atoms with E-state index in [2.05, 4.69) is 0 Å². The van der Waals surface area contributed by atoms with Crippen molar-refractivity contribution < 1.29 is 9.53 Å². The second-order valence-corrected chi connectivity index (χ2v) is 2.94. The van der Waals surface area contributed by atoms with Gasteiger partial charge in [-0.15, -0.1) is 0 Å². The lowest BCUT2D eigenvalue weighted by molar-refractivity contribution is -0.129. The fraction of sp³-hybridized carbons (Fsp3) is 0.875. The number of hydrogen-bond donors (Lipinski definition) is 1. The molecule has 0 saturated heterocycles. The highest BCUT2D eigenvalue weighted by atomic mass is 16.5. The molecule has 3 heteroatoms. The highest BCUT2D eigenvalue weighted by Gasteiger charge is 2.24. The first-order chi connectivity index (χ1) is 5.34. The Balaban J connectivity index is 2.01. The minimum Gasteiger partial charge on any atom is -0.372 e. The first-order valence-electron chi connectivity index (χ1n) is 4.15. The molecular weight excluding hydrogens is 142 g/mol. The van der Waals surface area contributed by atoms with Crippen LogP contribution in [0.5, 0.6) is 0 Å². The normalized spacial score (nSPS) is 17.9. The van der Waals surface area contributed by atoms with Crippen LogP contribution in [0.25, 0.3) is 0 Å². The van der Waals surface area contributed by atoms with Crippen LogP contribution in [-0.4, -0.2) is 25.5 Å². The molecule has 1 saturated carbocycles. The van der Waals surface area contributed by atoms with Gasteiger partial charge in [-0.3, -0.25) is 4.79 Å². The number of Topliss-reactive ketones (excluding diaryl/α,β-unsaturated/α-hetero) is 1. The molecule has 1 aliphatic rings. The summed E-state index contributed by atoms with van der Waals surface area (Å²) in [6.45, 7) is 1.26. The fourth-order valence-corrected chi connectivity index (χ4v) is 1.10. The van der Waals surface area contributed by atoms with Crippen LogP contribution < -0.4 is 5.73 Å². The van der Waals surface area contributed by atoms with Gasteiger partial charge in [-0.1, -0.05) is 6.42 Å². The van der Waals surface area contributed by atoms with Gasteiger partial charge in [-0.05, 0) is 12.8 Å². The summed E-state index contributed by atoms with van der Waals surface area (Å²) in [5.41, 5.74) is 5.20. The second kappa shape index (κ2) is 4.46. The van der Waals surface area contributed by atoms with E-state index in [-0.39, 0.29) is 12.4 Å². The van der Waals surface area contributed by atoms with Gasteiger partial charge in [-0.25, -0.2) is 0 Å². The largest absolute Gasteiger partial charge is 0.372 e. The van der Waals surface area contributed by atoms with E-state index in [4.69, 9.17) is 10.5 Å². The maximum Gasteiger partial charge on any atom is 0.161 e. The van der Waals surface area contributed by atoms with Crippen molar-refractivity contribution in [3.8, 4) is 0 Å². The minimum atomic E-state index is 0.254. The highest BCUT2D eigenvalue weighted by molar-refractivity contribution is 5.82. The number of hydrogen-bond acceptors (Lipinski definition) is 3. The van der Waals surface area contributed by atoms with Crippen LogP contribution >= 0.6 is 0 Å². The predicted molar refractivity (Wildman–Crippen MR) is 42.2 cm³/mol. The third-order valence-corrected chi connectivity index (χ3v) is 2.07. The zero-order valence-electron chi connectivity index (χ0n) is 6.71. The van der Waals surface area contributed by atoms with E-state index in [0.717, 1.165) is 12.8 Å². The molecule has 1 rings (SSSR count). The summed E-state index contributed by atoms with van der Waals surface area (Å²) in [5.74, 6) is 0.553. The fourth-order valence-electron chi connectivity index (χ4n) is 1.10. The lowest BCUT2D eigenvalue weighted by atomic mass is 9.82. The first kappa shape index (κ1) is 8.68. The molecule has 0 bridgehead atoms. The Morgan fingerprint density at radius 1 is 1.55 bits per heavy atom. The minimum absolute atomic E-state index is 0.254. The molecule has 0 aliphatic heterocycles. The quantitative estimate of drug-likeness (QED) is 0.585. The van der Waals surface area contributed by atoms with Gasteiger partial charge in [0, 0.05) is 12.5 Å². The molecule has 0 amide bonds. The standard InChI is InChI=1S/C8H15NO2/c9-4-5-11-6-8(10)7-2-1-3-7/h7H,1-6,9H2. The molecule has 0 aromatic rings. The topological polar surface area (TPSA) is 52.3 Å². The zero-order valence-corrected chi connectivity index (χ0v) is 6.71. The lowest BCUT2D eigenvalue weighted by Gasteiger charge is -2.23. The van der Waals surface area contributed by atoms with Gasteiger partial charge < -0.3 is 10.5 Å². The molecule has 0 aromatic carbocycles. The average Bonchev–Trinajstić information content (AvgIpc) is 1.84. The summed E-state index contributed by atoms with van der Waals surface area (Å²) in [4.78, 5) is 11.1. The van der Waals surface area contributed by atoms with Crippen molar-refractivity contribution in [3.05, 3.63) is 0 Å². The Labute approximate surface area is 66.9 Å². The Morgan fingerprint density at radius 3 is 2.73 bits per heavy atom. The van der Waals surface area contributed by atoms with Crippen molar-refractivity contribution in [2.75, 3.05) is 19.8 Å². The van der Waals surface area contributed by atoms with Crippen molar-refractivity contribution in [2.45, 2.75) is 19.3 Å². The van der Waals surface area contributed by atoms with E-state index in [0.29, 0.717) is 19.1 Å². The Bertz CT molecular complexity index is 132. The number of nitrogens with two attached hydrogens (primary N) is 1. The van der Waals surface area contributed by atoms with Gasteiger partial charge in [0.05, 0.1) is 6.61 Å². The number of ether oxygens (including phenoxy) is 1. The molecule has 2 N–H and O–H groups in total. The number of ketones is 1. The van der Waals surface area contributed by atoms with Crippen LogP contribution in [0.15, 0.2) is 0 Å². The number of carbonyl (C=O) groups is 1. The molecule has 0 atom stereocenters. The summed E-state index contributed by atoms with van der Waals surface area (Å²) >= 11 is 0. The van der Waals surface area contributed by atoms with Gasteiger partial charge in [0.25, 0.3) is 0 Å². The summed E-state index contributed by atoms with van der Waals surface area (Å²) < 4.78 is 5.03. The van der Waals surface area contributed by atoms with Gasteiger partial charge in [0.2, 0.25) is 0 Å². The SMILES string of the molecule is NCCOCC(=O)C1CCC1. The number of rotatable bonds is 5. The Hall–Kier alpha value is -0.410.